The lowest BCUT2D eigenvalue weighted by atomic mass is 10.1. The summed E-state index contributed by atoms with van der Waals surface area (Å²) >= 11 is 0. The Bertz CT molecular complexity index is 1420. The summed E-state index contributed by atoms with van der Waals surface area (Å²) in [5.74, 6) is -0.415. The van der Waals surface area contributed by atoms with Crippen LogP contribution in [-0.2, 0) is 6.54 Å². The molecule has 1 aliphatic heterocycles. The third-order valence-electron chi connectivity index (χ3n) is 6.35. The number of fused-ring (bicyclic) bond motifs is 1. The van der Waals surface area contributed by atoms with E-state index >= 15 is 0 Å². The summed E-state index contributed by atoms with van der Waals surface area (Å²) in [5, 5.41) is 9.13. The van der Waals surface area contributed by atoms with Gasteiger partial charge >= 0.3 is 0 Å². The summed E-state index contributed by atoms with van der Waals surface area (Å²) < 4.78 is 21.5. The van der Waals surface area contributed by atoms with Crippen molar-refractivity contribution in [1.82, 2.24) is 19.2 Å². The molecule has 5 rings (SSSR count). The highest BCUT2D eigenvalue weighted by molar-refractivity contribution is 5.95. The van der Waals surface area contributed by atoms with Gasteiger partial charge in [-0.15, -0.1) is 0 Å². The zero-order chi connectivity index (χ0) is 24.4. The van der Waals surface area contributed by atoms with Gasteiger partial charge in [-0.25, -0.2) is 9.37 Å². The van der Waals surface area contributed by atoms with Gasteiger partial charge in [0.2, 0.25) is 0 Å². The van der Waals surface area contributed by atoms with Crippen molar-refractivity contribution in [2.75, 3.05) is 33.3 Å². The number of halogens is 1. The van der Waals surface area contributed by atoms with Gasteiger partial charge in [-0.2, -0.15) is 5.26 Å². The van der Waals surface area contributed by atoms with E-state index in [2.05, 4.69) is 15.4 Å². The van der Waals surface area contributed by atoms with Gasteiger partial charge in [-0.1, -0.05) is 18.2 Å². The molecule has 0 bridgehead atoms. The van der Waals surface area contributed by atoms with Crippen molar-refractivity contribution in [3.63, 3.8) is 0 Å². The van der Waals surface area contributed by atoms with Crippen LogP contribution in [0.3, 0.4) is 0 Å². The van der Waals surface area contributed by atoms with Crippen LogP contribution in [0.15, 0.2) is 66.9 Å². The van der Waals surface area contributed by atoms with Crippen molar-refractivity contribution < 1.29 is 13.9 Å². The predicted molar refractivity (Wildman–Crippen MR) is 129 cm³/mol. The summed E-state index contributed by atoms with van der Waals surface area (Å²) in [6.45, 7) is 2.96. The number of nitrogens with zero attached hydrogens (tertiary/aromatic N) is 5. The number of aromatic nitrogens is 2. The van der Waals surface area contributed by atoms with Crippen LogP contribution in [0.2, 0.25) is 0 Å². The molecule has 0 N–H and O–H groups in total. The third kappa shape index (κ3) is 4.46. The fourth-order valence-electron chi connectivity index (χ4n) is 4.42. The lowest BCUT2D eigenvalue weighted by molar-refractivity contribution is 0.0622. The molecular weight excluding hydrogens is 445 g/mol. The van der Waals surface area contributed by atoms with Gasteiger partial charge in [0.25, 0.3) is 5.91 Å². The first-order chi connectivity index (χ1) is 17.1. The zero-order valence-electron chi connectivity index (χ0n) is 19.3. The van der Waals surface area contributed by atoms with Crippen LogP contribution in [0.1, 0.15) is 21.6 Å². The van der Waals surface area contributed by atoms with Crippen molar-refractivity contribution in [2.45, 2.75) is 6.54 Å². The third-order valence-corrected chi connectivity index (χ3v) is 6.35. The van der Waals surface area contributed by atoms with Gasteiger partial charge in [0.15, 0.2) is 0 Å². The van der Waals surface area contributed by atoms with E-state index in [0.717, 1.165) is 22.6 Å². The second-order valence-electron chi connectivity index (χ2n) is 8.44. The topological polar surface area (TPSA) is 73.9 Å². The number of carbonyl (C=O) groups excluding carboxylic acids is 1. The van der Waals surface area contributed by atoms with E-state index in [4.69, 9.17) is 15.0 Å². The molecule has 7 nitrogen and oxygen atoms in total. The summed E-state index contributed by atoms with van der Waals surface area (Å²) in [5.41, 5.74) is 4.35. The minimum absolute atomic E-state index is 0.0303. The minimum atomic E-state index is -0.545. The number of nitriles is 1. The summed E-state index contributed by atoms with van der Waals surface area (Å²) in [4.78, 5) is 21.8. The van der Waals surface area contributed by atoms with Gasteiger partial charge in [0, 0.05) is 44.5 Å². The monoisotopic (exact) mass is 469 g/mol. The van der Waals surface area contributed by atoms with Crippen LogP contribution in [0, 0.1) is 17.1 Å². The van der Waals surface area contributed by atoms with Crippen LogP contribution >= 0.6 is 0 Å². The van der Waals surface area contributed by atoms with Gasteiger partial charge in [-0.05, 0) is 42.5 Å². The Labute approximate surface area is 202 Å². The van der Waals surface area contributed by atoms with E-state index in [1.165, 1.54) is 25.3 Å². The molecule has 0 spiro atoms. The molecule has 4 aromatic rings. The number of ether oxygens (including phenoxy) is 1. The fraction of sp³-hybridized carbons (Fsp3) is 0.222. The number of piperazine rings is 1. The molecule has 0 saturated carbocycles. The quantitative estimate of drug-likeness (QED) is 0.442. The van der Waals surface area contributed by atoms with Crippen molar-refractivity contribution in [2.24, 2.45) is 0 Å². The highest BCUT2D eigenvalue weighted by Gasteiger charge is 2.26. The minimum Gasteiger partial charge on any atom is -0.497 e. The Morgan fingerprint density at radius 3 is 2.57 bits per heavy atom. The highest BCUT2D eigenvalue weighted by atomic mass is 19.1. The Kier molecular flexibility index (Phi) is 6.17. The van der Waals surface area contributed by atoms with Crippen LogP contribution in [0.5, 0.6) is 5.75 Å². The summed E-state index contributed by atoms with van der Waals surface area (Å²) in [6, 6.07) is 19.7. The lowest BCUT2D eigenvalue weighted by Gasteiger charge is -2.34. The van der Waals surface area contributed by atoms with Gasteiger partial charge in [0.1, 0.15) is 17.2 Å². The molecule has 1 fully saturated rings. The van der Waals surface area contributed by atoms with Gasteiger partial charge in [-0.3, -0.25) is 9.69 Å². The molecule has 3 heterocycles. The Hall–Kier alpha value is -4.22. The SMILES string of the molecule is COc1ccc(F)c(C(=O)N2CCN(Cc3c(-c4ccc(C#N)cc4)nc4ccccn34)CC2)c1. The maximum absolute atomic E-state index is 14.3. The highest BCUT2D eigenvalue weighted by Crippen LogP contribution is 2.27. The number of imidazole rings is 1. The Morgan fingerprint density at radius 2 is 1.86 bits per heavy atom. The number of methoxy groups -OCH3 is 1. The molecule has 1 amide bonds. The molecule has 0 aliphatic carbocycles. The van der Waals surface area contributed by atoms with E-state index in [1.807, 2.05) is 36.5 Å². The number of pyridine rings is 1. The Balaban J connectivity index is 1.35. The fourth-order valence-corrected chi connectivity index (χ4v) is 4.42. The molecule has 176 valence electrons. The predicted octanol–water partition coefficient (Wildman–Crippen LogP) is 3.98. The number of amides is 1. The molecule has 0 atom stereocenters. The second kappa shape index (κ2) is 9.57. The van der Waals surface area contributed by atoms with Gasteiger partial charge in [0.05, 0.1) is 35.7 Å². The van der Waals surface area contributed by atoms with Gasteiger partial charge < -0.3 is 14.0 Å². The van der Waals surface area contributed by atoms with E-state index in [-0.39, 0.29) is 11.5 Å². The average Bonchev–Trinajstić information content (AvgIpc) is 3.27. The molecule has 1 aliphatic rings. The zero-order valence-corrected chi connectivity index (χ0v) is 19.3. The molecule has 1 saturated heterocycles. The van der Waals surface area contributed by atoms with Crippen molar-refractivity contribution in [3.05, 3.63) is 89.5 Å². The molecule has 0 radical (unpaired) electrons. The number of hydrogen-bond donors (Lipinski definition) is 0. The van der Waals surface area contributed by atoms with E-state index in [1.54, 1.807) is 17.0 Å². The lowest BCUT2D eigenvalue weighted by Crippen LogP contribution is -2.48. The van der Waals surface area contributed by atoms with Crippen LogP contribution in [0.4, 0.5) is 4.39 Å². The number of benzene rings is 2. The number of carbonyl (C=O) groups is 1. The first kappa shape index (κ1) is 22.6. The normalized spacial score (nSPS) is 14.1. The van der Waals surface area contributed by atoms with E-state index < -0.39 is 5.82 Å². The number of rotatable bonds is 5. The molecule has 35 heavy (non-hydrogen) atoms. The molecule has 2 aromatic heterocycles. The summed E-state index contributed by atoms with van der Waals surface area (Å²) in [7, 11) is 1.49. The molecule has 0 unspecified atom stereocenters. The van der Waals surface area contributed by atoms with Crippen LogP contribution in [0.25, 0.3) is 16.9 Å². The summed E-state index contributed by atoms with van der Waals surface area (Å²) in [6.07, 6.45) is 2.00. The maximum atomic E-state index is 14.3. The molecule has 2 aromatic carbocycles. The number of hydrogen-bond acceptors (Lipinski definition) is 5. The standard InChI is InChI=1S/C27H24FN5O2/c1-35-21-9-10-23(28)22(16-21)27(34)32-14-12-31(13-15-32)18-24-26(20-7-5-19(17-29)6-8-20)30-25-4-2-3-11-33(24)25/h2-11,16H,12-15,18H2,1H3. The van der Waals surface area contributed by atoms with E-state index in [0.29, 0.717) is 44.0 Å². The van der Waals surface area contributed by atoms with E-state index in [9.17, 15) is 9.18 Å². The molecular formula is C27H24FN5O2. The van der Waals surface area contributed by atoms with Crippen molar-refractivity contribution in [3.8, 4) is 23.1 Å². The van der Waals surface area contributed by atoms with Crippen LogP contribution in [-0.4, -0.2) is 58.4 Å². The molecule has 8 heteroatoms. The van der Waals surface area contributed by atoms with Crippen LogP contribution < -0.4 is 4.74 Å². The Morgan fingerprint density at radius 1 is 1.09 bits per heavy atom. The first-order valence-corrected chi connectivity index (χ1v) is 11.4. The largest absolute Gasteiger partial charge is 0.497 e. The smallest absolute Gasteiger partial charge is 0.257 e. The first-order valence-electron chi connectivity index (χ1n) is 11.4. The van der Waals surface area contributed by atoms with Crippen molar-refractivity contribution >= 4 is 11.6 Å². The average molecular weight is 470 g/mol. The second-order valence-corrected chi connectivity index (χ2v) is 8.44. The maximum Gasteiger partial charge on any atom is 0.257 e. The van der Waals surface area contributed by atoms with Crippen molar-refractivity contribution in [1.29, 1.82) is 5.26 Å².